The fourth-order valence-corrected chi connectivity index (χ4v) is 4.61. The number of nitrogens with zero attached hydrogens (tertiary/aromatic N) is 1. The van der Waals surface area contributed by atoms with E-state index in [2.05, 4.69) is 40.7 Å². The van der Waals surface area contributed by atoms with Crippen molar-refractivity contribution in [2.24, 2.45) is 0 Å². The first-order chi connectivity index (χ1) is 11.8. The molecule has 1 heterocycles. The van der Waals surface area contributed by atoms with E-state index in [-0.39, 0.29) is 6.10 Å². The summed E-state index contributed by atoms with van der Waals surface area (Å²) in [6, 6.07) is 13.1. The van der Waals surface area contributed by atoms with Gasteiger partial charge in [-0.1, -0.05) is 12.1 Å². The summed E-state index contributed by atoms with van der Waals surface area (Å²) in [6.07, 6.45) is 7.03. The first kappa shape index (κ1) is 16.2. The molecule has 2 aromatic rings. The van der Waals surface area contributed by atoms with Crippen molar-refractivity contribution in [3.63, 3.8) is 0 Å². The van der Waals surface area contributed by atoms with E-state index in [1.165, 1.54) is 41.4 Å². The van der Waals surface area contributed by atoms with Gasteiger partial charge in [-0.15, -0.1) is 0 Å². The Morgan fingerprint density at radius 2 is 1.62 bits per heavy atom. The Morgan fingerprint density at radius 3 is 2.42 bits per heavy atom. The third-order valence-corrected chi connectivity index (χ3v) is 6.13. The predicted molar refractivity (Wildman–Crippen MR) is 99.5 cm³/mol. The summed E-state index contributed by atoms with van der Waals surface area (Å²) < 4.78 is 8.46. The van der Waals surface area contributed by atoms with Crippen LogP contribution in [0.3, 0.4) is 0 Å². The quantitative estimate of drug-likeness (QED) is 0.821. The largest absolute Gasteiger partial charge is 0.490 e. The minimum Gasteiger partial charge on any atom is -0.490 e. The minimum atomic E-state index is -0.114. The summed E-state index contributed by atoms with van der Waals surface area (Å²) >= 11 is 1.80. The van der Waals surface area contributed by atoms with Crippen LogP contribution in [0.25, 0.3) is 10.8 Å². The van der Waals surface area contributed by atoms with Crippen LogP contribution in [0.4, 0.5) is 0 Å². The number of rotatable bonds is 4. The Morgan fingerprint density at radius 1 is 0.917 bits per heavy atom. The fraction of sp³-hybridized carbons (Fsp3) is 0.500. The van der Waals surface area contributed by atoms with Crippen molar-refractivity contribution in [1.29, 1.82) is 0 Å². The van der Waals surface area contributed by atoms with E-state index in [4.69, 9.17) is 4.74 Å². The van der Waals surface area contributed by atoms with Crippen molar-refractivity contribution in [1.82, 2.24) is 4.31 Å². The van der Waals surface area contributed by atoms with Crippen molar-refractivity contribution in [3.8, 4) is 5.75 Å². The molecule has 1 aliphatic carbocycles. The average Bonchev–Trinajstić information content (AvgIpc) is 3.10. The molecule has 1 saturated carbocycles. The molecular formula is C20H25NO2S. The Kier molecular flexibility index (Phi) is 4.97. The number of aliphatic hydroxyl groups is 1. The molecule has 0 amide bonds. The van der Waals surface area contributed by atoms with Crippen LogP contribution in [0, 0.1) is 0 Å². The molecule has 4 heteroatoms. The van der Waals surface area contributed by atoms with Gasteiger partial charge in [-0.2, -0.15) is 0 Å². The molecule has 3 nitrogen and oxygen atoms in total. The van der Waals surface area contributed by atoms with Gasteiger partial charge in [0.15, 0.2) is 0 Å². The minimum absolute atomic E-state index is 0.114. The lowest BCUT2D eigenvalue weighted by molar-refractivity contribution is 0.116. The van der Waals surface area contributed by atoms with Gasteiger partial charge in [0.25, 0.3) is 0 Å². The van der Waals surface area contributed by atoms with E-state index in [0.717, 1.165) is 31.7 Å². The van der Waals surface area contributed by atoms with Crippen LogP contribution in [-0.2, 0) is 0 Å². The Hall–Kier alpha value is -1.23. The third-order valence-electron chi connectivity index (χ3n) is 5.05. The molecule has 4 rings (SSSR count). The highest BCUT2D eigenvalue weighted by atomic mass is 32.2. The highest BCUT2D eigenvalue weighted by molar-refractivity contribution is 7.97. The monoisotopic (exact) mass is 343 g/mol. The standard InChI is InChI=1S/C20H25NO2S/c22-17-9-11-21(12-10-17)24-20-8-6-15-13-19(7-5-16(15)14-20)23-18-3-1-2-4-18/h5-8,13-14,17-18,22H,1-4,9-12H2. The van der Waals surface area contributed by atoms with Gasteiger partial charge in [-0.3, -0.25) is 0 Å². The first-order valence-corrected chi connectivity index (χ1v) is 9.85. The molecule has 2 aromatic carbocycles. The zero-order valence-corrected chi connectivity index (χ0v) is 14.8. The van der Waals surface area contributed by atoms with E-state index >= 15 is 0 Å². The number of ether oxygens (including phenoxy) is 1. The molecule has 2 aliphatic rings. The summed E-state index contributed by atoms with van der Waals surface area (Å²) in [5.74, 6) is 1.000. The van der Waals surface area contributed by atoms with Crippen LogP contribution >= 0.6 is 11.9 Å². The van der Waals surface area contributed by atoms with Crippen LogP contribution in [0.2, 0.25) is 0 Å². The topological polar surface area (TPSA) is 32.7 Å². The molecule has 0 unspecified atom stereocenters. The van der Waals surface area contributed by atoms with E-state index < -0.39 is 0 Å². The maximum atomic E-state index is 9.61. The van der Waals surface area contributed by atoms with Crippen molar-refractivity contribution in [2.45, 2.75) is 55.6 Å². The van der Waals surface area contributed by atoms with Crippen LogP contribution in [-0.4, -0.2) is 34.7 Å². The lowest BCUT2D eigenvalue weighted by Gasteiger charge is -2.28. The Balaban J connectivity index is 1.45. The molecule has 1 N–H and O–H groups in total. The van der Waals surface area contributed by atoms with Crippen molar-refractivity contribution in [3.05, 3.63) is 36.4 Å². The fourth-order valence-electron chi connectivity index (χ4n) is 3.61. The lowest BCUT2D eigenvalue weighted by atomic mass is 10.1. The molecule has 0 radical (unpaired) electrons. The van der Waals surface area contributed by atoms with Gasteiger partial charge in [-0.25, -0.2) is 4.31 Å². The smallest absolute Gasteiger partial charge is 0.120 e. The summed E-state index contributed by atoms with van der Waals surface area (Å²) in [7, 11) is 0. The number of fused-ring (bicyclic) bond motifs is 1. The summed E-state index contributed by atoms with van der Waals surface area (Å²) in [4.78, 5) is 1.27. The first-order valence-electron chi connectivity index (χ1n) is 9.08. The molecule has 128 valence electrons. The average molecular weight is 343 g/mol. The van der Waals surface area contributed by atoms with Crippen molar-refractivity contribution in [2.75, 3.05) is 13.1 Å². The maximum Gasteiger partial charge on any atom is 0.120 e. The number of aliphatic hydroxyl groups excluding tert-OH is 1. The van der Waals surface area contributed by atoms with Crippen molar-refractivity contribution >= 4 is 22.7 Å². The summed E-state index contributed by atoms with van der Waals surface area (Å²) in [5.41, 5.74) is 0. The zero-order chi connectivity index (χ0) is 16.4. The van der Waals surface area contributed by atoms with Crippen LogP contribution in [0.15, 0.2) is 41.3 Å². The molecule has 0 spiro atoms. The van der Waals surface area contributed by atoms with E-state index in [0.29, 0.717) is 6.10 Å². The second kappa shape index (κ2) is 7.34. The maximum absolute atomic E-state index is 9.61. The highest BCUT2D eigenvalue weighted by Gasteiger charge is 2.18. The van der Waals surface area contributed by atoms with Gasteiger partial charge in [0.1, 0.15) is 5.75 Å². The van der Waals surface area contributed by atoms with E-state index in [1.807, 2.05) is 0 Å². The second-order valence-electron chi connectivity index (χ2n) is 6.95. The zero-order valence-electron chi connectivity index (χ0n) is 14.0. The van der Waals surface area contributed by atoms with Crippen LogP contribution in [0.5, 0.6) is 5.75 Å². The predicted octanol–water partition coefficient (Wildman–Crippen LogP) is 4.63. The van der Waals surface area contributed by atoms with Crippen LogP contribution < -0.4 is 4.74 Å². The lowest BCUT2D eigenvalue weighted by Crippen LogP contribution is -2.30. The molecule has 24 heavy (non-hydrogen) atoms. The van der Waals surface area contributed by atoms with Gasteiger partial charge >= 0.3 is 0 Å². The van der Waals surface area contributed by atoms with Gasteiger partial charge in [-0.05, 0) is 85.5 Å². The molecular weight excluding hydrogens is 318 g/mol. The van der Waals surface area contributed by atoms with Crippen LogP contribution in [0.1, 0.15) is 38.5 Å². The molecule has 2 fully saturated rings. The SMILES string of the molecule is OC1CCN(Sc2ccc3cc(OC4CCCC4)ccc3c2)CC1. The van der Waals surface area contributed by atoms with Gasteiger partial charge < -0.3 is 9.84 Å². The normalized spacial score (nSPS) is 20.7. The van der Waals surface area contributed by atoms with Gasteiger partial charge in [0.05, 0.1) is 12.2 Å². The highest BCUT2D eigenvalue weighted by Crippen LogP contribution is 2.31. The molecule has 0 bridgehead atoms. The second-order valence-corrected chi connectivity index (χ2v) is 8.12. The Bertz CT molecular complexity index is 691. The van der Waals surface area contributed by atoms with E-state index in [9.17, 15) is 5.11 Å². The number of hydrogen-bond acceptors (Lipinski definition) is 4. The summed E-state index contributed by atoms with van der Waals surface area (Å²) in [5, 5.41) is 12.1. The Labute approximate surface area is 148 Å². The van der Waals surface area contributed by atoms with Crippen molar-refractivity contribution < 1.29 is 9.84 Å². The third kappa shape index (κ3) is 3.88. The summed E-state index contributed by atoms with van der Waals surface area (Å²) in [6.45, 7) is 1.91. The molecule has 1 aliphatic heterocycles. The number of piperidine rings is 1. The number of benzene rings is 2. The molecule has 0 aromatic heterocycles. The van der Waals surface area contributed by atoms with Gasteiger partial charge in [0.2, 0.25) is 0 Å². The van der Waals surface area contributed by atoms with Gasteiger partial charge in [0, 0.05) is 18.0 Å². The molecule has 1 saturated heterocycles. The van der Waals surface area contributed by atoms with E-state index in [1.54, 1.807) is 11.9 Å². The number of hydrogen-bond donors (Lipinski definition) is 1. The molecule has 0 atom stereocenters.